The molecule has 2 aliphatic rings. The molecule has 0 bridgehead atoms. The van der Waals surface area contributed by atoms with E-state index in [0.29, 0.717) is 23.4 Å². The molecule has 2 aliphatic heterocycles. The second-order valence-electron chi connectivity index (χ2n) is 6.82. The van der Waals surface area contributed by atoms with E-state index < -0.39 is 11.9 Å². The van der Waals surface area contributed by atoms with Gasteiger partial charge in [-0.25, -0.2) is 4.39 Å². The predicted molar refractivity (Wildman–Crippen MR) is 93.1 cm³/mol. The molecule has 0 aliphatic carbocycles. The molecule has 3 rings (SSSR count). The van der Waals surface area contributed by atoms with Crippen LogP contribution in [0.15, 0.2) is 22.7 Å². The molecule has 2 saturated heterocycles. The summed E-state index contributed by atoms with van der Waals surface area (Å²) in [7, 11) is 0. The Morgan fingerprint density at radius 1 is 1.12 bits per heavy atom. The normalized spacial score (nSPS) is 22.0. The standard InChI is InChI=1S/C18H22BrFN2O2/c1-12-4-7-21(8-5-12)18(24)16-3-2-6-22(16)17(23)13-9-14(19)11-15(20)10-13/h9-12,16H,2-8H2,1H3. The molecule has 130 valence electrons. The maximum absolute atomic E-state index is 13.6. The average molecular weight is 397 g/mol. The second kappa shape index (κ2) is 7.21. The minimum Gasteiger partial charge on any atom is -0.341 e. The lowest BCUT2D eigenvalue weighted by atomic mass is 9.98. The van der Waals surface area contributed by atoms with Crippen LogP contribution in [-0.4, -0.2) is 47.3 Å². The highest BCUT2D eigenvalue weighted by molar-refractivity contribution is 9.10. The van der Waals surface area contributed by atoms with Crippen molar-refractivity contribution in [1.82, 2.24) is 9.80 Å². The summed E-state index contributed by atoms with van der Waals surface area (Å²) in [4.78, 5) is 29.1. The summed E-state index contributed by atoms with van der Waals surface area (Å²) >= 11 is 3.22. The molecule has 2 heterocycles. The van der Waals surface area contributed by atoms with E-state index in [0.717, 1.165) is 32.4 Å². The van der Waals surface area contributed by atoms with Crippen molar-refractivity contribution in [1.29, 1.82) is 0 Å². The number of amides is 2. The molecule has 4 nitrogen and oxygen atoms in total. The Morgan fingerprint density at radius 2 is 1.83 bits per heavy atom. The van der Waals surface area contributed by atoms with Gasteiger partial charge in [-0.2, -0.15) is 0 Å². The van der Waals surface area contributed by atoms with Crippen molar-refractivity contribution in [2.75, 3.05) is 19.6 Å². The number of hydrogen-bond donors (Lipinski definition) is 0. The molecule has 0 N–H and O–H groups in total. The van der Waals surface area contributed by atoms with Gasteiger partial charge in [0.2, 0.25) is 5.91 Å². The zero-order valence-corrected chi connectivity index (χ0v) is 15.4. The number of hydrogen-bond acceptors (Lipinski definition) is 2. The topological polar surface area (TPSA) is 40.6 Å². The Balaban J connectivity index is 1.75. The number of piperidine rings is 1. The molecule has 1 unspecified atom stereocenters. The molecule has 24 heavy (non-hydrogen) atoms. The van der Waals surface area contributed by atoms with Crippen molar-refractivity contribution < 1.29 is 14.0 Å². The first-order valence-electron chi connectivity index (χ1n) is 8.51. The fourth-order valence-corrected chi connectivity index (χ4v) is 4.01. The molecule has 2 amide bonds. The van der Waals surface area contributed by atoms with Crippen LogP contribution in [0.4, 0.5) is 4.39 Å². The lowest BCUT2D eigenvalue weighted by Gasteiger charge is -2.34. The monoisotopic (exact) mass is 396 g/mol. The van der Waals surface area contributed by atoms with E-state index in [1.165, 1.54) is 12.1 Å². The molecule has 1 atom stereocenters. The van der Waals surface area contributed by atoms with Gasteiger partial charge in [0.25, 0.3) is 5.91 Å². The van der Waals surface area contributed by atoms with Gasteiger partial charge < -0.3 is 9.80 Å². The molecule has 0 saturated carbocycles. The summed E-state index contributed by atoms with van der Waals surface area (Å²) in [5.74, 6) is -0.0283. The van der Waals surface area contributed by atoms with E-state index in [1.807, 2.05) is 4.90 Å². The van der Waals surface area contributed by atoms with Crippen LogP contribution < -0.4 is 0 Å². The third-order valence-electron chi connectivity index (χ3n) is 5.00. The third-order valence-corrected chi connectivity index (χ3v) is 5.46. The van der Waals surface area contributed by atoms with E-state index in [2.05, 4.69) is 22.9 Å². The number of nitrogens with zero attached hydrogens (tertiary/aromatic N) is 2. The first kappa shape index (κ1) is 17.4. The summed E-state index contributed by atoms with van der Waals surface area (Å²) in [6, 6.07) is 3.75. The summed E-state index contributed by atoms with van der Waals surface area (Å²) in [5, 5.41) is 0. The van der Waals surface area contributed by atoms with Crippen LogP contribution >= 0.6 is 15.9 Å². The van der Waals surface area contributed by atoms with Crippen LogP contribution in [0, 0.1) is 11.7 Å². The van der Waals surface area contributed by atoms with Crippen molar-refractivity contribution in [2.24, 2.45) is 5.92 Å². The quantitative estimate of drug-likeness (QED) is 0.767. The number of likely N-dealkylation sites (tertiary alicyclic amines) is 2. The summed E-state index contributed by atoms with van der Waals surface area (Å²) in [6.07, 6.45) is 3.53. The maximum Gasteiger partial charge on any atom is 0.254 e. The summed E-state index contributed by atoms with van der Waals surface area (Å²) < 4.78 is 14.1. The smallest absolute Gasteiger partial charge is 0.254 e. The van der Waals surface area contributed by atoms with Gasteiger partial charge in [0.05, 0.1) is 0 Å². The van der Waals surface area contributed by atoms with Crippen molar-refractivity contribution in [3.63, 3.8) is 0 Å². The zero-order chi connectivity index (χ0) is 17.3. The van der Waals surface area contributed by atoms with Crippen LogP contribution in [0.1, 0.15) is 43.0 Å². The van der Waals surface area contributed by atoms with Crippen LogP contribution in [-0.2, 0) is 4.79 Å². The van der Waals surface area contributed by atoms with Crippen LogP contribution in [0.25, 0.3) is 0 Å². The molecule has 1 aromatic rings. The van der Waals surface area contributed by atoms with Gasteiger partial charge >= 0.3 is 0 Å². The first-order chi connectivity index (χ1) is 11.5. The summed E-state index contributed by atoms with van der Waals surface area (Å²) in [5.41, 5.74) is 0.286. The molecular weight excluding hydrogens is 375 g/mol. The summed E-state index contributed by atoms with van der Waals surface area (Å²) in [6.45, 7) is 4.29. The van der Waals surface area contributed by atoms with Gasteiger partial charge in [-0.05, 0) is 49.8 Å². The van der Waals surface area contributed by atoms with Crippen molar-refractivity contribution in [3.8, 4) is 0 Å². The van der Waals surface area contributed by atoms with E-state index in [9.17, 15) is 14.0 Å². The average Bonchev–Trinajstić information content (AvgIpc) is 3.02. The Kier molecular flexibility index (Phi) is 5.23. The van der Waals surface area contributed by atoms with Gasteiger partial charge in [0.1, 0.15) is 11.9 Å². The second-order valence-corrected chi connectivity index (χ2v) is 7.74. The highest BCUT2D eigenvalue weighted by atomic mass is 79.9. The molecule has 0 radical (unpaired) electrons. The minimum absolute atomic E-state index is 0.0446. The predicted octanol–water partition coefficient (Wildman–Crippen LogP) is 3.45. The third kappa shape index (κ3) is 3.63. The van der Waals surface area contributed by atoms with Crippen molar-refractivity contribution in [2.45, 2.75) is 38.6 Å². The van der Waals surface area contributed by atoms with E-state index in [1.54, 1.807) is 11.0 Å². The highest BCUT2D eigenvalue weighted by Crippen LogP contribution is 2.26. The van der Waals surface area contributed by atoms with Crippen LogP contribution in [0.2, 0.25) is 0 Å². The van der Waals surface area contributed by atoms with Crippen LogP contribution in [0.5, 0.6) is 0 Å². The van der Waals surface area contributed by atoms with Crippen molar-refractivity contribution in [3.05, 3.63) is 34.1 Å². The van der Waals surface area contributed by atoms with Gasteiger partial charge in [0, 0.05) is 29.7 Å². The molecule has 0 aromatic heterocycles. The first-order valence-corrected chi connectivity index (χ1v) is 9.31. The zero-order valence-electron chi connectivity index (χ0n) is 13.8. The molecule has 0 spiro atoms. The van der Waals surface area contributed by atoms with Gasteiger partial charge in [-0.1, -0.05) is 22.9 Å². The minimum atomic E-state index is -0.459. The number of halogens is 2. The fraction of sp³-hybridized carbons (Fsp3) is 0.556. The Bertz CT molecular complexity index is 624. The van der Waals surface area contributed by atoms with Gasteiger partial charge in [-0.3, -0.25) is 9.59 Å². The Morgan fingerprint density at radius 3 is 2.50 bits per heavy atom. The van der Waals surface area contributed by atoms with Gasteiger partial charge in [0.15, 0.2) is 0 Å². The number of carbonyl (C=O) groups is 2. The SMILES string of the molecule is CC1CCN(C(=O)C2CCCN2C(=O)c2cc(F)cc(Br)c2)CC1. The number of carbonyl (C=O) groups excluding carboxylic acids is 2. The Labute approximate surface area is 150 Å². The molecular formula is C18H22BrFN2O2. The molecule has 6 heteroatoms. The van der Waals surface area contributed by atoms with E-state index in [4.69, 9.17) is 0 Å². The Hall–Kier alpha value is -1.43. The lowest BCUT2D eigenvalue weighted by molar-refractivity contribution is -0.136. The number of benzene rings is 1. The fourth-order valence-electron chi connectivity index (χ4n) is 3.55. The highest BCUT2D eigenvalue weighted by Gasteiger charge is 2.37. The van der Waals surface area contributed by atoms with Crippen molar-refractivity contribution >= 4 is 27.7 Å². The maximum atomic E-state index is 13.6. The van der Waals surface area contributed by atoms with E-state index >= 15 is 0 Å². The lowest BCUT2D eigenvalue weighted by Crippen LogP contribution is -2.49. The number of rotatable bonds is 2. The molecule has 2 fully saturated rings. The molecule has 1 aromatic carbocycles. The van der Waals surface area contributed by atoms with Gasteiger partial charge in [-0.15, -0.1) is 0 Å². The van der Waals surface area contributed by atoms with Crippen LogP contribution in [0.3, 0.4) is 0 Å². The largest absolute Gasteiger partial charge is 0.341 e. The van der Waals surface area contributed by atoms with E-state index in [-0.39, 0.29) is 17.4 Å².